The van der Waals surface area contributed by atoms with E-state index in [0.29, 0.717) is 18.0 Å². The lowest BCUT2D eigenvalue weighted by Crippen LogP contribution is -2.46. The summed E-state index contributed by atoms with van der Waals surface area (Å²) in [5, 5.41) is 5.95. The summed E-state index contributed by atoms with van der Waals surface area (Å²) >= 11 is 0. The van der Waals surface area contributed by atoms with Crippen molar-refractivity contribution in [3.05, 3.63) is 24.3 Å². The lowest BCUT2D eigenvalue weighted by molar-refractivity contribution is -0.129. The van der Waals surface area contributed by atoms with E-state index in [2.05, 4.69) is 10.6 Å². The van der Waals surface area contributed by atoms with Gasteiger partial charge in [0.25, 0.3) is 0 Å². The van der Waals surface area contributed by atoms with Crippen molar-refractivity contribution >= 4 is 27.3 Å². The lowest BCUT2D eigenvalue weighted by atomic mass is 9.84. The quantitative estimate of drug-likeness (QED) is 0.547. The fraction of sp³-hybridized carbons (Fsp3) is 0.692. The summed E-state index contributed by atoms with van der Waals surface area (Å²) in [5.41, 5.74) is 0.203. The molecule has 1 aromatic rings. The summed E-state index contributed by atoms with van der Waals surface area (Å²) in [6.07, 6.45) is 10.4. The first-order chi connectivity index (χ1) is 15.5. The Morgan fingerprint density at radius 1 is 0.939 bits per heavy atom. The molecule has 0 radical (unpaired) electrons. The Labute approximate surface area is 199 Å². The fourth-order valence-corrected chi connectivity index (χ4v) is 6.95. The molecule has 3 rings (SSSR count). The normalized spacial score (nSPS) is 19.2. The highest BCUT2D eigenvalue weighted by molar-refractivity contribution is 7.91. The van der Waals surface area contributed by atoms with E-state index in [1.54, 1.807) is 24.3 Å². The summed E-state index contributed by atoms with van der Waals surface area (Å²) in [5.74, 6) is 0.286. The highest BCUT2D eigenvalue weighted by Crippen LogP contribution is 2.29. The number of hydrogen-bond acceptors (Lipinski definition) is 4. The molecule has 2 aliphatic rings. The second-order valence-corrected chi connectivity index (χ2v) is 13.1. The predicted octanol–water partition coefficient (Wildman–Crippen LogP) is 5.09. The zero-order valence-electron chi connectivity index (χ0n) is 20.4. The molecule has 0 unspecified atom stereocenters. The minimum absolute atomic E-state index is 0.00733. The van der Waals surface area contributed by atoms with Crippen LogP contribution in [0.5, 0.6) is 0 Å². The van der Waals surface area contributed by atoms with Gasteiger partial charge in [0.15, 0.2) is 9.84 Å². The van der Waals surface area contributed by atoms with Gasteiger partial charge in [0.1, 0.15) is 6.04 Å². The number of carbonyl (C=O) groups is 2. The van der Waals surface area contributed by atoms with Gasteiger partial charge in [0, 0.05) is 11.6 Å². The maximum absolute atomic E-state index is 13.2. The van der Waals surface area contributed by atoms with Crippen LogP contribution in [0.15, 0.2) is 29.2 Å². The second-order valence-electron chi connectivity index (χ2n) is 11.1. The van der Waals surface area contributed by atoms with Crippen LogP contribution in [-0.2, 0) is 19.4 Å². The summed E-state index contributed by atoms with van der Waals surface area (Å²) in [6.45, 7) is 5.68. The van der Waals surface area contributed by atoms with Gasteiger partial charge in [-0.05, 0) is 54.9 Å². The molecule has 2 saturated carbocycles. The van der Waals surface area contributed by atoms with Crippen LogP contribution in [0.25, 0.3) is 0 Å². The molecule has 2 fully saturated rings. The van der Waals surface area contributed by atoms with E-state index in [9.17, 15) is 18.0 Å². The number of benzene rings is 1. The molecule has 2 N–H and O–H groups in total. The molecule has 0 spiro atoms. The Balaban J connectivity index is 1.67. The van der Waals surface area contributed by atoms with Gasteiger partial charge in [-0.3, -0.25) is 9.59 Å². The van der Waals surface area contributed by atoms with Crippen LogP contribution < -0.4 is 10.6 Å². The first kappa shape index (κ1) is 25.7. The molecule has 2 amide bonds. The molecular weight excluding hydrogens is 436 g/mol. The Kier molecular flexibility index (Phi) is 8.59. The summed E-state index contributed by atoms with van der Waals surface area (Å²) < 4.78 is 25.2. The number of anilines is 1. The largest absolute Gasteiger partial charge is 0.344 e. The minimum Gasteiger partial charge on any atom is -0.344 e. The zero-order chi connectivity index (χ0) is 24.1. The van der Waals surface area contributed by atoms with Crippen molar-refractivity contribution < 1.29 is 18.0 Å². The van der Waals surface area contributed by atoms with E-state index in [-0.39, 0.29) is 33.8 Å². The van der Waals surface area contributed by atoms with Crippen molar-refractivity contribution in [1.29, 1.82) is 0 Å². The van der Waals surface area contributed by atoms with Crippen molar-refractivity contribution in [3.63, 3.8) is 0 Å². The first-order valence-electron chi connectivity index (χ1n) is 12.5. The first-order valence-corrected chi connectivity index (χ1v) is 14.1. The summed E-state index contributed by atoms with van der Waals surface area (Å²) in [6, 6.07) is 5.78. The standard InChI is InChI=1S/C26H40N2O4S/c1-26(2,3)18-33(31,32)22-15-13-21(14-16-22)27-25(30)23(17-19-9-5-4-6-10-19)28-24(29)20-11-7-8-12-20/h13-16,19-20,23H,4-12,17-18H2,1-3H3,(H,27,30)(H,28,29)/t23-/m0/s1. The van der Waals surface area contributed by atoms with Crippen molar-refractivity contribution in [2.75, 3.05) is 11.1 Å². The highest BCUT2D eigenvalue weighted by atomic mass is 32.2. The Hall–Kier alpha value is -1.89. The number of carbonyl (C=O) groups excluding carboxylic acids is 2. The molecule has 2 aliphatic carbocycles. The molecule has 0 aliphatic heterocycles. The van der Waals surface area contributed by atoms with Crippen molar-refractivity contribution in [2.24, 2.45) is 17.3 Å². The van der Waals surface area contributed by atoms with Gasteiger partial charge < -0.3 is 10.6 Å². The van der Waals surface area contributed by atoms with Crippen LogP contribution in [-0.4, -0.2) is 32.0 Å². The number of hydrogen-bond donors (Lipinski definition) is 2. The van der Waals surface area contributed by atoms with Gasteiger partial charge in [0.05, 0.1) is 10.6 Å². The van der Waals surface area contributed by atoms with Gasteiger partial charge in [-0.25, -0.2) is 8.42 Å². The Morgan fingerprint density at radius 3 is 2.09 bits per heavy atom. The van der Waals surface area contributed by atoms with E-state index in [0.717, 1.165) is 38.5 Å². The van der Waals surface area contributed by atoms with Gasteiger partial charge in [-0.1, -0.05) is 65.7 Å². The van der Waals surface area contributed by atoms with Gasteiger partial charge >= 0.3 is 0 Å². The molecule has 1 atom stereocenters. The number of rotatable bonds is 8. The number of nitrogens with one attached hydrogen (secondary N) is 2. The SMILES string of the molecule is CC(C)(C)CS(=O)(=O)c1ccc(NC(=O)[C@H](CC2CCCCC2)NC(=O)C2CCCC2)cc1. The molecule has 6 nitrogen and oxygen atoms in total. The maximum Gasteiger partial charge on any atom is 0.246 e. The molecule has 7 heteroatoms. The van der Waals surface area contributed by atoms with E-state index in [1.807, 2.05) is 20.8 Å². The fourth-order valence-electron chi connectivity index (χ4n) is 5.09. The van der Waals surface area contributed by atoms with E-state index >= 15 is 0 Å². The molecule has 33 heavy (non-hydrogen) atoms. The average molecular weight is 477 g/mol. The van der Waals surface area contributed by atoms with Crippen molar-refractivity contribution in [1.82, 2.24) is 5.32 Å². The third-order valence-corrected chi connectivity index (χ3v) is 8.99. The molecule has 0 aromatic heterocycles. The molecule has 184 valence electrons. The van der Waals surface area contributed by atoms with Crippen LogP contribution >= 0.6 is 0 Å². The average Bonchev–Trinajstić information content (AvgIpc) is 3.28. The summed E-state index contributed by atoms with van der Waals surface area (Å²) in [7, 11) is -3.39. The minimum atomic E-state index is -3.39. The Morgan fingerprint density at radius 2 is 1.52 bits per heavy atom. The predicted molar refractivity (Wildman–Crippen MR) is 132 cm³/mol. The molecule has 0 bridgehead atoms. The van der Waals surface area contributed by atoms with E-state index in [4.69, 9.17) is 0 Å². The van der Waals surface area contributed by atoms with Gasteiger partial charge in [0.2, 0.25) is 11.8 Å². The van der Waals surface area contributed by atoms with Crippen LogP contribution in [0.2, 0.25) is 0 Å². The molecule has 0 saturated heterocycles. The third kappa shape index (κ3) is 7.83. The lowest BCUT2D eigenvalue weighted by Gasteiger charge is -2.27. The number of sulfone groups is 1. The smallest absolute Gasteiger partial charge is 0.246 e. The summed E-state index contributed by atoms with van der Waals surface area (Å²) in [4.78, 5) is 26.2. The maximum atomic E-state index is 13.2. The van der Waals surface area contributed by atoms with Crippen LogP contribution in [0, 0.1) is 17.3 Å². The second kappa shape index (κ2) is 11.0. The molecule has 1 aromatic carbocycles. The van der Waals surface area contributed by atoms with Crippen LogP contribution in [0.1, 0.15) is 85.0 Å². The molecular formula is C26H40N2O4S. The monoisotopic (exact) mass is 476 g/mol. The highest BCUT2D eigenvalue weighted by Gasteiger charge is 2.30. The topological polar surface area (TPSA) is 92.3 Å². The third-order valence-electron chi connectivity index (χ3n) is 6.76. The van der Waals surface area contributed by atoms with Crippen LogP contribution in [0.4, 0.5) is 5.69 Å². The number of amides is 2. The van der Waals surface area contributed by atoms with Gasteiger partial charge in [-0.15, -0.1) is 0 Å². The van der Waals surface area contributed by atoms with Gasteiger partial charge in [-0.2, -0.15) is 0 Å². The van der Waals surface area contributed by atoms with E-state index in [1.165, 1.54) is 19.3 Å². The van der Waals surface area contributed by atoms with E-state index < -0.39 is 15.9 Å². The van der Waals surface area contributed by atoms with Crippen molar-refractivity contribution in [2.45, 2.75) is 95.9 Å². The molecule has 0 heterocycles. The Bertz CT molecular complexity index is 907. The van der Waals surface area contributed by atoms with Crippen molar-refractivity contribution in [3.8, 4) is 0 Å². The zero-order valence-corrected chi connectivity index (χ0v) is 21.2. The van der Waals surface area contributed by atoms with Crippen LogP contribution in [0.3, 0.4) is 0 Å².